The van der Waals surface area contributed by atoms with Gasteiger partial charge in [0.05, 0.1) is 0 Å². The van der Waals surface area contributed by atoms with Crippen molar-refractivity contribution >= 4 is 11.7 Å². The molecular weight excluding hydrogens is 348 g/mol. The van der Waals surface area contributed by atoms with Gasteiger partial charge in [-0.15, -0.1) is 0 Å². The number of likely N-dealkylation sites (tertiary alicyclic amines) is 1. The maximum atomic E-state index is 12.7. The monoisotopic (exact) mass is 372 g/mol. The molecule has 1 aromatic carbocycles. The molecular formula is C23H24N4O. The Labute approximate surface area is 165 Å². The molecule has 5 heteroatoms. The fraction of sp³-hybridized carbons (Fsp3) is 0.261. The van der Waals surface area contributed by atoms with Crippen molar-refractivity contribution in [1.29, 1.82) is 0 Å². The number of carbonyl (C=O) groups excluding carboxylic acids is 1. The summed E-state index contributed by atoms with van der Waals surface area (Å²) in [5.41, 5.74) is 10.7. The largest absolute Gasteiger partial charge is 0.384 e. The van der Waals surface area contributed by atoms with Crippen LogP contribution in [-0.2, 0) is 0 Å². The molecule has 0 aliphatic carbocycles. The Morgan fingerprint density at radius 3 is 2.46 bits per heavy atom. The van der Waals surface area contributed by atoms with Crippen molar-refractivity contribution < 1.29 is 4.79 Å². The molecule has 1 aliphatic rings. The number of anilines is 1. The Bertz CT molecular complexity index is 962. The zero-order chi connectivity index (χ0) is 19.5. The minimum Gasteiger partial charge on any atom is -0.384 e. The topological polar surface area (TPSA) is 72.1 Å². The Hall–Kier alpha value is -3.21. The van der Waals surface area contributed by atoms with Gasteiger partial charge in [-0.05, 0) is 61.7 Å². The first kappa shape index (κ1) is 18.2. The Balaban J connectivity index is 1.49. The number of nitrogen functional groups attached to an aromatic ring is 1. The van der Waals surface area contributed by atoms with Gasteiger partial charge in [0.25, 0.3) is 5.91 Å². The van der Waals surface area contributed by atoms with Crippen LogP contribution in [0.25, 0.3) is 11.1 Å². The van der Waals surface area contributed by atoms with Crippen LogP contribution in [0.1, 0.15) is 40.5 Å². The predicted molar refractivity (Wildman–Crippen MR) is 111 cm³/mol. The van der Waals surface area contributed by atoms with Gasteiger partial charge >= 0.3 is 0 Å². The number of piperidine rings is 1. The second-order valence-corrected chi connectivity index (χ2v) is 7.33. The molecule has 2 aromatic heterocycles. The highest BCUT2D eigenvalue weighted by molar-refractivity contribution is 5.94. The number of amides is 1. The third kappa shape index (κ3) is 3.88. The lowest BCUT2D eigenvalue weighted by Gasteiger charge is -2.32. The molecule has 0 saturated carbocycles. The van der Waals surface area contributed by atoms with Crippen molar-refractivity contribution in [3.05, 3.63) is 77.7 Å². The summed E-state index contributed by atoms with van der Waals surface area (Å²) in [6.07, 6.45) is 3.65. The number of hydrogen-bond acceptors (Lipinski definition) is 4. The van der Waals surface area contributed by atoms with E-state index < -0.39 is 0 Å². The number of rotatable bonds is 3. The highest BCUT2D eigenvalue weighted by Crippen LogP contribution is 2.31. The lowest BCUT2D eigenvalue weighted by Crippen LogP contribution is -2.38. The van der Waals surface area contributed by atoms with E-state index in [1.54, 1.807) is 6.20 Å². The van der Waals surface area contributed by atoms with E-state index in [0.29, 0.717) is 11.7 Å². The normalized spacial score (nSPS) is 14.8. The average molecular weight is 372 g/mol. The molecule has 0 atom stereocenters. The molecule has 5 nitrogen and oxygen atoms in total. The molecule has 4 rings (SSSR count). The summed E-state index contributed by atoms with van der Waals surface area (Å²) in [6.45, 7) is 3.53. The lowest BCUT2D eigenvalue weighted by molar-refractivity contribution is 0.0712. The minimum absolute atomic E-state index is 0.116. The van der Waals surface area contributed by atoms with Crippen LogP contribution in [0.4, 0.5) is 5.82 Å². The number of nitrogens with two attached hydrogens (primary N) is 1. The number of carbonyl (C=O) groups is 1. The Morgan fingerprint density at radius 1 is 1.04 bits per heavy atom. The van der Waals surface area contributed by atoms with E-state index in [-0.39, 0.29) is 5.91 Å². The van der Waals surface area contributed by atoms with E-state index in [9.17, 15) is 4.79 Å². The van der Waals surface area contributed by atoms with E-state index in [1.165, 1.54) is 0 Å². The zero-order valence-electron chi connectivity index (χ0n) is 16.0. The number of benzene rings is 1. The van der Waals surface area contributed by atoms with Gasteiger partial charge < -0.3 is 10.6 Å². The van der Waals surface area contributed by atoms with E-state index in [0.717, 1.165) is 54.0 Å². The van der Waals surface area contributed by atoms with Crippen LogP contribution in [0.15, 0.2) is 60.8 Å². The van der Waals surface area contributed by atoms with Gasteiger partial charge in [-0.3, -0.25) is 9.78 Å². The van der Waals surface area contributed by atoms with Crippen LogP contribution in [0.3, 0.4) is 0 Å². The molecule has 0 spiro atoms. The minimum atomic E-state index is 0.116. The number of nitrogens with zero attached hydrogens (tertiary/aromatic N) is 3. The molecule has 1 aliphatic heterocycles. The Morgan fingerprint density at radius 2 is 1.79 bits per heavy atom. The van der Waals surface area contributed by atoms with Crippen LogP contribution < -0.4 is 5.73 Å². The standard InChI is InChI=1S/C23H24N4O/c1-16-13-20(19-7-8-22(24)25-15-19)14-21(26-16)17-9-11-27(12-10-17)23(28)18-5-3-2-4-6-18/h2-8,13-15,17H,9-12H2,1H3,(H2,24,25). The van der Waals surface area contributed by atoms with Gasteiger partial charge in [0.2, 0.25) is 0 Å². The third-order valence-corrected chi connectivity index (χ3v) is 5.31. The van der Waals surface area contributed by atoms with Gasteiger partial charge in [0.15, 0.2) is 0 Å². The summed E-state index contributed by atoms with van der Waals surface area (Å²) in [7, 11) is 0. The van der Waals surface area contributed by atoms with Crippen molar-refractivity contribution in [2.75, 3.05) is 18.8 Å². The van der Waals surface area contributed by atoms with Crippen molar-refractivity contribution in [2.24, 2.45) is 0 Å². The van der Waals surface area contributed by atoms with Gasteiger partial charge in [-0.2, -0.15) is 0 Å². The van der Waals surface area contributed by atoms with Crippen molar-refractivity contribution in [2.45, 2.75) is 25.7 Å². The first-order valence-electron chi connectivity index (χ1n) is 9.65. The van der Waals surface area contributed by atoms with E-state index in [1.807, 2.05) is 54.3 Å². The first-order valence-corrected chi connectivity index (χ1v) is 9.65. The maximum absolute atomic E-state index is 12.7. The van der Waals surface area contributed by atoms with Crippen molar-refractivity contribution in [1.82, 2.24) is 14.9 Å². The predicted octanol–water partition coefficient (Wildman–Crippen LogP) is 4.05. The number of hydrogen-bond donors (Lipinski definition) is 1. The van der Waals surface area contributed by atoms with Crippen molar-refractivity contribution in [3.8, 4) is 11.1 Å². The lowest BCUT2D eigenvalue weighted by atomic mass is 9.91. The first-order chi connectivity index (χ1) is 13.6. The number of aryl methyl sites for hydroxylation is 1. The molecule has 1 saturated heterocycles. The summed E-state index contributed by atoms with van der Waals surface area (Å²) >= 11 is 0. The fourth-order valence-electron chi connectivity index (χ4n) is 3.79. The highest BCUT2D eigenvalue weighted by Gasteiger charge is 2.25. The zero-order valence-corrected chi connectivity index (χ0v) is 16.0. The molecule has 1 fully saturated rings. The van der Waals surface area contributed by atoms with Gasteiger partial charge in [0, 0.05) is 47.7 Å². The summed E-state index contributed by atoms with van der Waals surface area (Å²) < 4.78 is 0. The summed E-state index contributed by atoms with van der Waals surface area (Å²) in [4.78, 5) is 23.6. The molecule has 2 N–H and O–H groups in total. The van der Waals surface area contributed by atoms with Crippen LogP contribution in [0.2, 0.25) is 0 Å². The molecule has 0 bridgehead atoms. The van der Waals surface area contributed by atoms with Gasteiger partial charge in [0.1, 0.15) is 5.82 Å². The van der Waals surface area contributed by atoms with Crippen LogP contribution >= 0.6 is 0 Å². The molecule has 0 unspecified atom stereocenters. The van der Waals surface area contributed by atoms with Crippen LogP contribution in [0, 0.1) is 6.92 Å². The van der Waals surface area contributed by atoms with Gasteiger partial charge in [-0.25, -0.2) is 4.98 Å². The van der Waals surface area contributed by atoms with E-state index >= 15 is 0 Å². The molecule has 28 heavy (non-hydrogen) atoms. The molecule has 0 radical (unpaired) electrons. The van der Waals surface area contributed by atoms with E-state index in [4.69, 9.17) is 10.7 Å². The molecule has 3 aromatic rings. The van der Waals surface area contributed by atoms with Crippen LogP contribution in [-0.4, -0.2) is 33.9 Å². The smallest absolute Gasteiger partial charge is 0.253 e. The maximum Gasteiger partial charge on any atom is 0.253 e. The Kier molecular flexibility index (Phi) is 5.06. The summed E-state index contributed by atoms with van der Waals surface area (Å²) in [6, 6.07) is 17.5. The molecule has 3 heterocycles. The summed E-state index contributed by atoms with van der Waals surface area (Å²) in [5.74, 6) is 0.996. The number of aromatic nitrogens is 2. The van der Waals surface area contributed by atoms with Crippen molar-refractivity contribution in [3.63, 3.8) is 0 Å². The summed E-state index contributed by atoms with van der Waals surface area (Å²) in [5, 5.41) is 0. The van der Waals surface area contributed by atoms with Crippen LogP contribution in [0.5, 0.6) is 0 Å². The number of pyridine rings is 2. The fourth-order valence-corrected chi connectivity index (χ4v) is 3.79. The quantitative estimate of drug-likeness (QED) is 0.753. The van der Waals surface area contributed by atoms with Gasteiger partial charge in [-0.1, -0.05) is 18.2 Å². The SMILES string of the molecule is Cc1cc(-c2ccc(N)nc2)cc(C2CCN(C(=O)c3ccccc3)CC2)n1. The second-order valence-electron chi connectivity index (χ2n) is 7.33. The third-order valence-electron chi connectivity index (χ3n) is 5.31. The average Bonchev–Trinajstić information content (AvgIpc) is 2.74. The second kappa shape index (κ2) is 7.80. The highest BCUT2D eigenvalue weighted by atomic mass is 16.2. The molecule has 142 valence electrons. The molecule has 1 amide bonds. The van der Waals surface area contributed by atoms with E-state index in [2.05, 4.69) is 17.1 Å².